The molecule has 1 unspecified atom stereocenters. The highest BCUT2D eigenvalue weighted by Gasteiger charge is 2.14. The van der Waals surface area contributed by atoms with Crippen molar-refractivity contribution in [2.75, 3.05) is 19.7 Å². The monoisotopic (exact) mass is 255 g/mol. The Bertz CT molecular complexity index is 335. The SMILES string of the molecule is CC(C)c1cccc(OCC2CCNC2)c1.Cl. The Labute approximate surface area is 110 Å². The largest absolute Gasteiger partial charge is 0.493 e. The summed E-state index contributed by atoms with van der Waals surface area (Å²) in [4.78, 5) is 0. The predicted octanol–water partition coefficient (Wildman–Crippen LogP) is 3.22. The quantitative estimate of drug-likeness (QED) is 0.892. The van der Waals surface area contributed by atoms with Crippen LogP contribution in [0.2, 0.25) is 0 Å². The molecular weight excluding hydrogens is 234 g/mol. The van der Waals surface area contributed by atoms with Crippen LogP contribution in [0, 0.1) is 5.92 Å². The fourth-order valence-corrected chi connectivity index (χ4v) is 2.03. The maximum Gasteiger partial charge on any atom is 0.119 e. The summed E-state index contributed by atoms with van der Waals surface area (Å²) in [6, 6.07) is 8.45. The van der Waals surface area contributed by atoms with Crippen LogP contribution in [0.1, 0.15) is 31.7 Å². The second kappa shape index (κ2) is 6.87. The van der Waals surface area contributed by atoms with Crippen molar-refractivity contribution in [2.45, 2.75) is 26.2 Å². The van der Waals surface area contributed by atoms with E-state index >= 15 is 0 Å². The average molecular weight is 256 g/mol. The summed E-state index contributed by atoms with van der Waals surface area (Å²) in [6.07, 6.45) is 1.24. The van der Waals surface area contributed by atoms with Crippen LogP contribution in [0.15, 0.2) is 24.3 Å². The average Bonchev–Trinajstić information content (AvgIpc) is 2.79. The number of nitrogens with one attached hydrogen (secondary N) is 1. The van der Waals surface area contributed by atoms with Crippen LogP contribution in [0.5, 0.6) is 5.75 Å². The molecule has 0 amide bonds. The normalized spacial score (nSPS) is 19.1. The van der Waals surface area contributed by atoms with E-state index in [1.807, 2.05) is 6.07 Å². The van der Waals surface area contributed by atoms with E-state index in [2.05, 4.69) is 37.4 Å². The fraction of sp³-hybridized carbons (Fsp3) is 0.571. The van der Waals surface area contributed by atoms with Gasteiger partial charge >= 0.3 is 0 Å². The van der Waals surface area contributed by atoms with Gasteiger partial charge in [-0.2, -0.15) is 0 Å². The van der Waals surface area contributed by atoms with Crippen molar-refractivity contribution in [1.82, 2.24) is 5.32 Å². The maximum atomic E-state index is 5.84. The number of halogens is 1. The Morgan fingerprint density at radius 3 is 2.88 bits per heavy atom. The van der Waals surface area contributed by atoms with Crippen molar-refractivity contribution in [3.63, 3.8) is 0 Å². The Morgan fingerprint density at radius 1 is 1.41 bits per heavy atom. The van der Waals surface area contributed by atoms with Crippen LogP contribution in [0.3, 0.4) is 0 Å². The molecule has 1 aliphatic rings. The van der Waals surface area contributed by atoms with E-state index in [4.69, 9.17) is 4.74 Å². The first-order valence-electron chi connectivity index (χ1n) is 6.19. The standard InChI is InChI=1S/C14H21NO.ClH/c1-11(2)13-4-3-5-14(8-13)16-10-12-6-7-15-9-12;/h3-5,8,11-12,15H,6-7,9-10H2,1-2H3;1H. The number of rotatable bonds is 4. The van der Waals surface area contributed by atoms with Gasteiger partial charge in [-0.15, -0.1) is 12.4 Å². The number of ether oxygens (including phenoxy) is 1. The molecule has 0 spiro atoms. The molecule has 1 N–H and O–H groups in total. The molecule has 1 atom stereocenters. The van der Waals surface area contributed by atoms with Crippen molar-refractivity contribution in [3.05, 3.63) is 29.8 Å². The number of hydrogen-bond donors (Lipinski definition) is 1. The Hall–Kier alpha value is -0.730. The third-order valence-electron chi connectivity index (χ3n) is 3.17. The molecule has 96 valence electrons. The summed E-state index contributed by atoms with van der Waals surface area (Å²) >= 11 is 0. The summed E-state index contributed by atoms with van der Waals surface area (Å²) in [7, 11) is 0. The van der Waals surface area contributed by atoms with Crippen molar-refractivity contribution < 1.29 is 4.74 Å². The van der Waals surface area contributed by atoms with Crippen LogP contribution >= 0.6 is 12.4 Å². The molecule has 0 aromatic heterocycles. The van der Waals surface area contributed by atoms with E-state index in [1.165, 1.54) is 12.0 Å². The van der Waals surface area contributed by atoms with Crippen molar-refractivity contribution in [3.8, 4) is 5.75 Å². The Balaban J connectivity index is 0.00000144. The molecule has 1 aromatic carbocycles. The summed E-state index contributed by atoms with van der Waals surface area (Å²) < 4.78 is 5.84. The van der Waals surface area contributed by atoms with Crippen molar-refractivity contribution in [1.29, 1.82) is 0 Å². The minimum absolute atomic E-state index is 0. The Morgan fingerprint density at radius 2 is 2.24 bits per heavy atom. The molecule has 0 radical (unpaired) electrons. The van der Waals surface area contributed by atoms with Gasteiger partial charge in [0.2, 0.25) is 0 Å². The lowest BCUT2D eigenvalue weighted by molar-refractivity contribution is 0.260. The van der Waals surface area contributed by atoms with Gasteiger partial charge < -0.3 is 10.1 Å². The number of benzene rings is 1. The van der Waals surface area contributed by atoms with Gasteiger partial charge in [0.25, 0.3) is 0 Å². The van der Waals surface area contributed by atoms with Crippen LogP contribution in [-0.2, 0) is 0 Å². The van der Waals surface area contributed by atoms with E-state index in [0.717, 1.165) is 25.4 Å². The van der Waals surface area contributed by atoms with Gasteiger partial charge in [0.05, 0.1) is 6.61 Å². The van der Waals surface area contributed by atoms with Crippen LogP contribution < -0.4 is 10.1 Å². The molecule has 0 bridgehead atoms. The topological polar surface area (TPSA) is 21.3 Å². The number of hydrogen-bond acceptors (Lipinski definition) is 2. The van der Waals surface area contributed by atoms with E-state index in [1.54, 1.807) is 0 Å². The maximum absolute atomic E-state index is 5.84. The zero-order chi connectivity index (χ0) is 11.4. The minimum Gasteiger partial charge on any atom is -0.493 e. The molecule has 1 fully saturated rings. The van der Waals surface area contributed by atoms with E-state index in [-0.39, 0.29) is 12.4 Å². The first kappa shape index (κ1) is 14.3. The molecule has 0 aliphatic carbocycles. The molecule has 17 heavy (non-hydrogen) atoms. The fourth-order valence-electron chi connectivity index (χ4n) is 2.03. The molecule has 1 saturated heterocycles. The van der Waals surface area contributed by atoms with Gasteiger partial charge in [-0.25, -0.2) is 0 Å². The van der Waals surface area contributed by atoms with Crippen LogP contribution in [-0.4, -0.2) is 19.7 Å². The molecule has 2 nitrogen and oxygen atoms in total. The molecule has 3 heteroatoms. The first-order chi connectivity index (χ1) is 7.75. The van der Waals surface area contributed by atoms with Crippen molar-refractivity contribution >= 4 is 12.4 Å². The molecule has 1 heterocycles. The first-order valence-corrected chi connectivity index (χ1v) is 6.19. The summed E-state index contributed by atoms with van der Waals surface area (Å²) in [5, 5.41) is 3.36. The smallest absolute Gasteiger partial charge is 0.119 e. The summed E-state index contributed by atoms with van der Waals surface area (Å²) in [6.45, 7) is 7.50. The molecular formula is C14H22ClNO. The molecule has 0 saturated carbocycles. The van der Waals surface area contributed by atoms with Gasteiger partial charge in [-0.1, -0.05) is 26.0 Å². The lowest BCUT2D eigenvalue weighted by atomic mass is 10.0. The van der Waals surface area contributed by atoms with Crippen LogP contribution in [0.4, 0.5) is 0 Å². The predicted molar refractivity (Wildman–Crippen MR) is 74.3 cm³/mol. The van der Waals surface area contributed by atoms with E-state index in [0.29, 0.717) is 11.8 Å². The minimum atomic E-state index is 0. The van der Waals surface area contributed by atoms with Gasteiger partial charge in [-0.05, 0) is 36.6 Å². The lowest BCUT2D eigenvalue weighted by Gasteiger charge is -2.12. The summed E-state index contributed by atoms with van der Waals surface area (Å²) in [5.41, 5.74) is 1.35. The van der Waals surface area contributed by atoms with Gasteiger partial charge in [0.1, 0.15) is 5.75 Å². The van der Waals surface area contributed by atoms with Gasteiger partial charge in [0, 0.05) is 12.5 Å². The highest BCUT2D eigenvalue weighted by Crippen LogP contribution is 2.21. The van der Waals surface area contributed by atoms with Gasteiger partial charge in [0.15, 0.2) is 0 Å². The third kappa shape index (κ3) is 4.21. The third-order valence-corrected chi connectivity index (χ3v) is 3.17. The second-order valence-electron chi connectivity index (χ2n) is 4.90. The molecule has 1 aliphatic heterocycles. The highest BCUT2D eigenvalue weighted by atomic mass is 35.5. The zero-order valence-electron chi connectivity index (χ0n) is 10.6. The van der Waals surface area contributed by atoms with Crippen molar-refractivity contribution in [2.24, 2.45) is 5.92 Å². The lowest BCUT2D eigenvalue weighted by Crippen LogP contribution is -2.15. The summed E-state index contributed by atoms with van der Waals surface area (Å²) in [5.74, 6) is 2.26. The zero-order valence-corrected chi connectivity index (χ0v) is 11.4. The highest BCUT2D eigenvalue weighted by molar-refractivity contribution is 5.85. The van der Waals surface area contributed by atoms with E-state index < -0.39 is 0 Å². The van der Waals surface area contributed by atoms with Gasteiger partial charge in [-0.3, -0.25) is 0 Å². The molecule has 2 rings (SSSR count). The van der Waals surface area contributed by atoms with Crippen LogP contribution in [0.25, 0.3) is 0 Å². The molecule has 1 aromatic rings. The Kier molecular flexibility index (Phi) is 5.79. The second-order valence-corrected chi connectivity index (χ2v) is 4.90. The van der Waals surface area contributed by atoms with E-state index in [9.17, 15) is 0 Å².